The summed E-state index contributed by atoms with van der Waals surface area (Å²) in [6.45, 7) is 9.67. The number of thiazole rings is 1. The number of halogens is 3. The van der Waals surface area contributed by atoms with Gasteiger partial charge in [0.1, 0.15) is 16.5 Å². The molecule has 4 heterocycles. The van der Waals surface area contributed by atoms with Crippen LogP contribution in [0.25, 0.3) is 11.3 Å². The molecule has 1 N–H and O–H groups in total. The smallest absolute Gasteiger partial charge is 0.416 e. The van der Waals surface area contributed by atoms with E-state index in [0.29, 0.717) is 60.8 Å². The number of carbonyl (C=O) groups is 2. The number of alkyl halides is 3. The zero-order valence-electron chi connectivity index (χ0n) is 25.1. The number of nitrogens with zero attached hydrogens (tertiary/aromatic N) is 6. The number of hydrogen-bond donors (Lipinski definition) is 1. The lowest BCUT2D eigenvalue weighted by Crippen LogP contribution is -2.52. The third-order valence-electron chi connectivity index (χ3n) is 8.48. The predicted octanol–water partition coefficient (Wildman–Crippen LogP) is 5.32. The Labute approximate surface area is 258 Å². The van der Waals surface area contributed by atoms with E-state index in [0.717, 1.165) is 30.3 Å². The quantitative estimate of drug-likeness (QED) is 0.298. The summed E-state index contributed by atoms with van der Waals surface area (Å²) in [5, 5.41) is 9.48. The van der Waals surface area contributed by atoms with E-state index in [1.54, 1.807) is 12.3 Å². The van der Waals surface area contributed by atoms with Crippen LogP contribution >= 0.6 is 11.3 Å². The second-order valence-corrected chi connectivity index (χ2v) is 12.9. The average Bonchev–Trinajstić information content (AvgIpc) is 3.57. The maximum atomic E-state index is 13.7. The number of Topliss-reactive ketones (excluding diaryl/α,β-unsaturated/α-hetero) is 1. The summed E-state index contributed by atoms with van der Waals surface area (Å²) in [5.74, 6) is -0.439. The number of anilines is 1. The Bertz CT molecular complexity index is 1500. The number of carboxylic acid groups (broad SMARTS) is 1. The zero-order valence-corrected chi connectivity index (χ0v) is 25.9. The van der Waals surface area contributed by atoms with Gasteiger partial charge < -0.3 is 10.0 Å². The first-order chi connectivity index (χ1) is 20.9. The van der Waals surface area contributed by atoms with Crippen LogP contribution in [0, 0.1) is 6.92 Å². The molecule has 0 bridgehead atoms. The summed E-state index contributed by atoms with van der Waals surface area (Å²) >= 11 is 1.36. The van der Waals surface area contributed by atoms with Gasteiger partial charge in [0.05, 0.1) is 36.5 Å². The summed E-state index contributed by atoms with van der Waals surface area (Å²) in [6, 6.07) is 4.75. The number of benzene rings is 1. The van der Waals surface area contributed by atoms with E-state index in [1.165, 1.54) is 30.5 Å². The molecule has 9 nitrogen and oxygen atoms in total. The van der Waals surface area contributed by atoms with E-state index in [4.69, 9.17) is 10.1 Å². The normalized spacial score (nSPS) is 19.9. The van der Waals surface area contributed by atoms with Crippen molar-refractivity contribution in [2.24, 2.45) is 0 Å². The monoisotopic (exact) mass is 630 g/mol. The van der Waals surface area contributed by atoms with E-state index < -0.39 is 17.7 Å². The minimum Gasteiger partial charge on any atom is -0.481 e. The topological polar surface area (TPSA) is 103 Å². The minimum atomic E-state index is -4.48. The Kier molecular flexibility index (Phi) is 9.66. The van der Waals surface area contributed by atoms with Gasteiger partial charge in [-0.2, -0.15) is 13.2 Å². The average molecular weight is 631 g/mol. The number of ketones is 1. The molecule has 2 atom stereocenters. The first-order valence-corrected chi connectivity index (χ1v) is 15.7. The van der Waals surface area contributed by atoms with Crippen molar-refractivity contribution < 1.29 is 27.9 Å². The molecule has 0 amide bonds. The molecule has 44 heavy (non-hydrogen) atoms. The van der Waals surface area contributed by atoms with Gasteiger partial charge in [0.15, 0.2) is 5.78 Å². The molecule has 0 aliphatic carbocycles. The van der Waals surface area contributed by atoms with Gasteiger partial charge in [-0.05, 0) is 51.8 Å². The number of rotatable bonds is 10. The fourth-order valence-corrected chi connectivity index (χ4v) is 7.08. The summed E-state index contributed by atoms with van der Waals surface area (Å²) in [6.07, 6.45) is 0.760. The summed E-state index contributed by atoms with van der Waals surface area (Å²) < 4.78 is 41.2. The molecule has 236 valence electrons. The highest BCUT2D eigenvalue weighted by Crippen LogP contribution is 2.37. The van der Waals surface area contributed by atoms with Crippen LogP contribution in [0.5, 0.6) is 0 Å². The van der Waals surface area contributed by atoms with E-state index in [-0.39, 0.29) is 35.9 Å². The van der Waals surface area contributed by atoms with Gasteiger partial charge in [0, 0.05) is 55.2 Å². The molecule has 0 unspecified atom stereocenters. The van der Waals surface area contributed by atoms with E-state index in [9.17, 15) is 22.8 Å². The fourth-order valence-electron chi connectivity index (χ4n) is 5.97. The van der Waals surface area contributed by atoms with Gasteiger partial charge in [-0.1, -0.05) is 12.1 Å². The first-order valence-electron chi connectivity index (χ1n) is 14.9. The number of likely N-dealkylation sites (tertiary alicyclic amines) is 1. The molecule has 0 spiro atoms. The SMILES string of the molecule is Cc1ccc(-c2nc(CC(=O)c3cnc(N4CCN(CCC(=O)O)C[C@H]4C)cn3)sc2CN2CCC[C@H]2C)cc1C(F)(F)F. The molecule has 0 saturated carbocycles. The van der Waals surface area contributed by atoms with Crippen molar-refractivity contribution in [3.05, 3.63) is 57.3 Å². The minimum absolute atomic E-state index is 0.0299. The Morgan fingerprint density at radius 3 is 2.52 bits per heavy atom. The molecule has 5 rings (SSSR count). The lowest BCUT2D eigenvalue weighted by Gasteiger charge is -2.40. The van der Waals surface area contributed by atoms with Gasteiger partial charge >= 0.3 is 12.1 Å². The van der Waals surface area contributed by atoms with Crippen molar-refractivity contribution in [2.75, 3.05) is 37.6 Å². The van der Waals surface area contributed by atoms with Crippen LogP contribution in [0.4, 0.5) is 19.0 Å². The van der Waals surface area contributed by atoms with Crippen LogP contribution < -0.4 is 4.90 Å². The van der Waals surface area contributed by atoms with Crippen LogP contribution in [0.1, 0.15) is 64.6 Å². The maximum absolute atomic E-state index is 13.7. The lowest BCUT2D eigenvalue weighted by molar-refractivity contribution is -0.138. The molecule has 2 aromatic heterocycles. The Morgan fingerprint density at radius 2 is 1.89 bits per heavy atom. The highest BCUT2D eigenvalue weighted by atomic mass is 32.1. The molecule has 2 fully saturated rings. The number of carboxylic acids is 1. The molecular formula is C31H37F3N6O3S. The van der Waals surface area contributed by atoms with Crippen LogP contribution in [-0.2, 0) is 23.9 Å². The second kappa shape index (κ2) is 13.3. The van der Waals surface area contributed by atoms with Crippen LogP contribution in [0.2, 0.25) is 0 Å². The number of aromatic nitrogens is 3. The molecule has 0 radical (unpaired) electrons. The van der Waals surface area contributed by atoms with Gasteiger partial charge in [-0.3, -0.25) is 19.4 Å². The standard InChI is InChI=1S/C31H37F3N6O3S/c1-19-6-7-22(13-23(19)31(32,33)34)30-26(18-39-9-4-5-20(39)2)44-28(37-30)14-25(41)24-15-36-27(16-35-24)40-12-11-38(17-21(40)3)10-8-29(42)43/h6-7,13,15-16,20-21H,4-5,8-12,14,17-18H2,1-3H3,(H,42,43)/t20-,21-/m1/s1. The molecule has 3 aromatic rings. The molecule has 2 aliphatic rings. The molecule has 2 saturated heterocycles. The Balaban J connectivity index is 1.32. The van der Waals surface area contributed by atoms with Gasteiger partial charge in [-0.15, -0.1) is 11.3 Å². The lowest BCUT2D eigenvalue weighted by atomic mass is 10.0. The zero-order chi connectivity index (χ0) is 31.6. The molecule has 1 aromatic carbocycles. The van der Waals surface area contributed by atoms with Crippen molar-refractivity contribution in [2.45, 2.75) is 71.3 Å². The number of piperazine rings is 1. The Hall–Kier alpha value is -3.42. The van der Waals surface area contributed by atoms with Gasteiger partial charge in [-0.25, -0.2) is 15.0 Å². The molecular weight excluding hydrogens is 593 g/mol. The van der Waals surface area contributed by atoms with Gasteiger partial charge in [0.2, 0.25) is 0 Å². The second-order valence-electron chi connectivity index (χ2n) is 11.7. The Morgan fingerprint density at radius 1 is 1.09 bits per heavy atom. The molecule has 13 heteroatoms. The summed E-state index contributed by atoms with van der Waals surface area (Å²) in [4.78, 5) is 45.1. The number of hydrogen-bond acceptors (Lipinski definition) is 9. The summed E-state index contributed by atoms with van der Waals surface area (Å²) in [5.41, 5.74) is 0.537. The molecule has 2 aliphatic heterocycles. The van der Waals surface area contributed by atoms with E-state index in [1.807, 2.05) is 6.92 Å². The van der Waals surface area contributed by atoms with Gasteiger partial charge in [0.25, 0.3) is 0 Å². The summed E-state index contributed by atoms with van der Waals surface area (Å²) in [7, 11) is 0. The van der Waals surface area contributed by atoms with E-state index in [2.05, 4.69) is 31.6 Å². The largest absolute Gasteiger partial charge is 0.481 e. The van der Waals surface area contributed by atoms with E-state index >= 15 is 0 Å². The first kappa shape index (κ1) is 32.0. The van der Waals surface area contributed by atoms with Crippen molar-refractivity contribution in [3.8, 4) is 11.3 Å². The van der Waals surface area contributed by atoms with Crippen molar-refractivity contribution in [3.63, 3.8) is 0 Å². The van der Waals surface area contributed by atoms with Crippen molar-refractivity contribution in [1.29, 1.82) is 0 Å². The highest BCUT2D eigenvalue weighted by Gasteiger charge is 2.33. The number of carbonyl (C=O) groups excluding carboxylic acids is 1. The third kappa shape index (κ3) is 7.44. The number of aryl methyl sites for hydroxylation is 1. The van der Waals surface area contributed by atoms with Crippen LogP contribution in [0.3, 0.4) is 0 Å². The van der Waals surface area contributed by atoms with Crippen LogP contribution in [0.15, 0.2) is 30.6 Å². The van der Waals surface area contributed by atoms with Crippen molar-refractivity contribution >= 4 is 28.9 Å². The highest BCUT2D eigenvalue weighted by molar-refractivity contribution is 7.12. The van der Waals surface area contributed by atoms with Crippen LogP contribution in [-0.4, -0.2) is 86.4 Å². The third-order valence-corrected chi connectivity index (χ3v) is 9.52. The van der Waals surface area contributed by atoms with Crippen molar-refractivity contribution in [1.82, 2.24) is 24.8 Å². The number of aliphatic carboxylic acids is 1. The fraction of sp³-hybridized carbons (Fsp3) is 0.516. The predicted molar refractivity (Wildman–Crippen MR) is 162 cm³/mol. The maximum Gasteiger partial charge on any atom is 0.416 e.